The van der Waals surface area contributed by atoms with Crippen LogP contribution in [0.15, 0.2) is 58.3 Å². The fraction of sp³-hybridized carbons (Fsp3) is 0.176. The average Bonchev–Trinajstić information content (AvgIpc) is 2.59. The minimum atomic E-state index is -3.48. The van der Waals surface area contributed by atoms with Gasteiger partial charge in [0, 0.05) is 11.2 Å². The molecule has 0 unspecified atom stereocenters. The Morgan fingerprint density at radius 2 is 1.72 bits per heavy atom. The first-order valence-corrected chi connectivity index (χ1v) is 10.3. The van der Waals surface area contributed by atoms with Crippen LogP contribution in [0.1, 0.15) is 10.4 Å². The summed E-state index contributed by atoms with van der Waals surface area (Å²) in [5.41, 5.74) is 0.484. The average molecular weight is 379 g/mol. The highest BCUT2D eigenvalue weighted by Crippen LogP contribution is 2.20. The van der Waals surface area contributed by atoms with Crippen LogP contribution in [0, 0.1) is 0 Å². The largest absolute Gasteiger partial charge is 0.452 e. The number of benzene rings is 2. The highest BCUT2D eigenvalue weighted by Gasteiger charge is 2.16. The van der Waals surface area contributed by atoms with E-state index in [1.54, 1.807) is 48.2 Å². The maximum atomic E-state index is 11.9. The topological polar surface area (TPSA) is 89.5 Å². The molecular weight excluding hydrogens is 362 g/mol. The summed E-state index contributed by atoms with van der Waals surface area (Å²) in [4.78, 5) is 24.9. The van der Waals surface area contributed by atoms with E-state index in [4.69, 9.17) is 4.74 Å². The van der Waals surface area contributed by atoms with Gasteiger partial charge in [0.1, 0.15) is 0 Å². The fourth-order valence-electron chi connectivity index (χ4n) is 2.02. The second-order valence-corrected chi connectivity index (χ2v) is 7.98. The van der Waals surface area contributed by atoms with Crippen molar-refractivity contribution in [1.82, 2.24) is 0 Å². The number of nitrogens with one attached hydrogen (secondary N) is 1. The molecule has 0 aromatic heterocycles. The summed E-state index contributed by atoms with van der Waals surface area (Å²) < 4.78 is 28.4. The zero-order chi connectivity index (χ0) is 18.4. The van der Waals surface area contributed by atoms with Crippen molar-refractivity contribution in [1.29, 1.82) is 0 Å². The molecule has 0 saturated heterocycles. The summed E-state index contributed by atoms with van der Waals surface area (Å²) in [7, 11) is -3.48. The molecule has 2 aromatic carbocycles. The van der Waals surface area contributed by atoms with Crippen LogP contribution in [0.5, 0.6) is 0 Å². The molecular formula is C17H17NO5S2. The van der Waals surface area contributed by atoms with E-state index in [1.807, 2.05) is 6.26 Å². The molecule has 0 aliphatic heterocycles. The number of amides is 1. The van der Waals surface area contributed by atoms with Gasteiger partial charge in [0.25, 0.3) is 5.91 Å². The lowest BCUT2D eigenvalue weighted by Gasteiger charge is -2.10. The van der Waals surface area contributed by atoms with Gasteiger partial charge < -0.3 is 10.1 Å². The molecule has 6 nitrogen and oxygen atoms in total. The van der Waals surface area contributed by atoms with E-state index in [-0.39, 0.29) is 10.6 Å². The molecule has 0 heterocycles. The predicted octanol–water partition coefficient (Wildman–Crippen LogP) is 2.61. The smallest absolute Gasteiger partial charge is 0.338 e. The van der Waals surface area contributed by atoms with Gasteiger partial charge in [-0.05, 0) is 42.7 Å². The van der Waals surface area contributed by atoms with Gasteiger partial charge in [-0.1, -0.05) is 12.1 Å². The Labute approximate surface area is 150 Å². The lowest BCUT2D eigenvalue weighted by Crippen LogP contribution is -2.22. The van der Waals surface area contributed by atoms with Crippen LogP contribution in [0.2, 0.25) is 0 Å². The molecule has 0 aliphatic carbocycles. The molecule has 1 N–H and O–H groups in total. The van der Waals surface area contributed by atoms with E-state index < -0.39 is 28.3 Å². The third-order valence-electron chi connectivity index (χ3n) is 3.22. The molecule has 1 amide bonds. The van der Waals surface area contributed by atoms with E-state index in [2.05, 4.69) is 5.32 Å². The Bertz CT molecular complexity index is 876. The number of esters is 1. The number of anilines is 1. The number of hydrogen-bond donors (Lipinski definition) is 1. The van der Waals surface area contributed by atoms with Crippen LogP contribution in [0.25, 0.3) is 0 Å². The van der Waals surface area contributed by atoms with Crippen molar-refractivity contribution in [2.45, 2.75) is 9.79 Å². The van der Waals surface area contributed by atoms with Crippen molar-refractivity contribution < 1.29 is 22.7 Å². The second-order valence-electron chi connectivity index (χ2n) is 5.12. The van der Waals surface area contributed by atoms with Crippen molar-refractivity contribution in [2.75, 3.05) is 24.4 Å². The summed E-state index contributed by atoms with van der Waals surface area (Å²) in [5, 5.41) is 2.44. The van der Waals surface area contributed by atoms with Gasteiger partial charge >= 0.3 is 5.97 Å². The maximum Gasteiger partial charge on any atom is 0.338 e. The number of para-hydroxylation sites is 1. The van der Waals surface area contributed by atoms with Crippen molar-refractivity contribution in [2.24, 2.45) is 0 Å². The first kappa shape index (κ1) is 19.0. The fourth-order valence-corrected chi connectivity index (χ4v) is 3.27. The van der Waals surface area contributed by atoms with Crippen molar-refractivity contribution in [3.05, 3.63) is 54.1 Å². The molecule has 132 valence electrons. The molecule has 0 radical (unpaired) electrons. The van der Waals surface area contributed by atoms with E-state index in [0.29, 0.717) is 5.56 Å². The van der Waals surface area contributed by atoms with E-state index in [1.165, 1.54) is 12.1 Å². The molecule has 0 bridgehead atoms. The summed E-state index contributed by atoms with van der Waals surface area (Å²) in [6.45, 7) is -0.513. The highest BCUT2D eigenvalue weighted by atomic mass is 32.2. The van der Waals surface area contributed by atoms with Crippen molar-refractivity contribution in [3.63, 3.8) is 0 Å². The number of thioether (sulfide) groups is 1. The monoisotopic (exact) mass is 379 g/mol. The second kappa shape index (κ2) is 8.17. The molecule has 0 fully saturated rings. The third kappa shape index (κ3) is 5.33. The number of ether oxygens (including phenoxy) is 1. The van der Waals surface area contributed by atoms with Gasteiger partial charge in [0.2, 0.25) is 0 Å². The molecule has 2 rings (SSSR count). The van der Waals surface area contributed by atoms with Gasteiger partial charge in [-0.25, -0.2) is 13.2 Å². The first-order chi connectivity index (χ1) is 11.8. The van der Waals surface area contributed by atoms with Crippen molar-refractivity contribution in [3.8, 4) is 0 Å². The third-order valence-corrected chi connectivity index (χ3v) is 5.12. The lowest BCUT2D eigenvalue weighted by molar-refractivity contribution is -0.119. The standard InChI is InChI=1S/C17H17NO5S2/c1-24-13-9-7-12(8-10-13)17(20)23-11-16(19)18-14-5-3-4-6-15(14)25(2,21)22/h3-10H,11H2,1-2H3,(H,18,19). The zero-order valence-electron chi connectivity index (χ0n) is 13.7. The Morgan fingerprint density at radius 1 is 1.08 bits per heavy atom. The molecule has 0 saturated carbocycles. The minimum Gasteiger partial charge on any atom is -0.452 e. The van der Waals surface area contributed by atoms with Gasteiger partial charge in [-0.2, -0.15) is 0 Å². The van der Waals surface area contributed by atoms with Gasteiger partial charge in [-0.15, -0.1) is 11.8 Å². The number of rotatable bonds is 6. The van der Waals surface area contributed by atoms with Crippen LogP contribution in [-0.4, -0.2) is 39.4 Å². The number of hydrogen-bond acceptors (Lipinski definition) is 6. The molecule has 0 atom stereocenters. The van der Waals surface area contributed by atoms with Crippen molar-refractivity contribution >= 4 is 39.2 Å². The summed E-state index contributed by atoms with van der Waals surface area (Å²) >= 11 is 1.55. The maximum absolute atomic E-state index is 11.9. The van der Waals surface area contributed by atoms with Gasteiger partial charge in [0.05, 0.1) is 16.1 Å². The molecule has 0 aliphatic rings. The highest BCUT2D eigenvalue weighted by molar-refractivity contribution is 7.98. The van der Waals surface area contributed by atoms with Gasteiger partial charge in [0.15, 0.2) is 16.4 Å². The Kier molecular flexibility index (Phi) is 6.22. The minimum absolute atomic E-state index is 0.00216. The van der Waals surface area contributed by atoms with Crippen LogP contribution in [0.4, 0.5) is 5.69 Å². The van der Waals surface area contributed by atoms with Crippen LogP contribution < -0.4 is 5.32 Å². The molecule has 25 heavy (non-hydrogen) atoms. The normalized spacial score (nSPS) is 11.0. The van der Waals surface area contributed by atoms with Crippen LogP contribution in [-0.2, 0) is 19.4 Å². The van der Waals surface area contributed by atoms with Gasteiger partial charge in [-0.3, -0.25) is 4.79 Å². The number of carbonyl (C=O) groups excluding carboxylic acids is 2. The lowest BCUT2D eigenvalue weighted by atomic mass is 10.2. The molecule has 8 heteroatoms. The Morgan fingerprint density at radius 3 is 2.32 bits per heavy atom. The number of carbonyl (C=O) groups is 2. The summed E-state index contributed by atoms with van der Waals surface area (Å²) in [5.74, 6) is -1.25. The Hall–Kier alpha value is -2.32. The molecule has 2 aromatic rings. The zero-order valence-corrected chi connectivity index (χ0v) is 15.3. The molecule has 0 spiro atoms. The van der Waals surface area contributed by atoms with E-state index >= 15 is 0 Å². The Balaban J connectivity index is 1.98. The SMILES string of the molecule is CSc1ccc(C(=O)OCC(=O)Nc2ccccc2S(C)(=O)=O)cc1. The quantitative estimate of drug-likeness (QED) is 0.613. The van der Waals surface area contributed by atoms with E-state index in [0.717, 1.165) is 11.2 Å². The van der Waals surface area contributed by atoms with Crippen LogP contribution >= 0.6 is 11.8 Å². The summed E-state index contributed by atoms with van der Waals surface area (Å²) in [6.07, 6.45) is 2.97. The predicted molar refractivity (Wildman–Crippen MR) is 96.7 cm³/mol. The first-order valence-electron chi connectivity index (χ1n) is 7.21. The number of sulfone groups is 1. The van der Waals surface area contributed by atoms with Crippen LogP contribution in [0.3, 0.4) is 0 Å². The van der Waals surface area contributed by atoms with E-state index in [9.17, 15) is 18.0 Å². The summed E-state index contributed by atoms with van der Waals surface area (Å²) in [6, 6.07) is 12.8.